The molecule has 2 aromatic carbocycles. The number of anilines is 1. The van der Waals surface area contributed by atoms with Crippen LogP contribution in [0.25, 0.3) is 0 Å². The highest BCUT2D eigenvalue weighted by molar-refractivity contribution is 5.94. The van der Waals surface area contributed by atoms with Crippen LogP contribution in [0.3, 0.4) is 0 Å². The number of nitrogens with one attached hydrogen (secondary N) is 2. The summed E-state index contributed by atoms with van der Waals surface area (Å²) in [5.74, 6) is -0.0367. The van der Waals surface area contributed by atoms with Gasteiger partial charge in [-0.1, -0.05) is 37.3 Å². The monoisotopic (exact) mass is 352 g/mol. The average molecular weight is 352 g/mol. The first-order chi connectivity index (χ1) is 12.7. The molecule has 2 aromatic rings. The number of nitrogens with zero attached hydrogens (tertiary/aromatic N) is 2. The number of likely N-dealkylation sites (N-methyl/N-ethyl adjacent to an activating group) is 1. The molecule has 3 rings (SSSR count). The van der Waals surface area contributed by atoms with E-state index < -0.39 is 0 Å². The van der Waals surface area contributed by atoms with Gasteiger partial charge in [0, 0.05) is 44.0 Å². The van der Waals surface area contributed by atoms with E-state index in [1.807, 2.05) is 35.3 Å². The summed E-state index contributed by atoms with van der Waals surface area (Å²) in [5, 5.41) is 5.49. The Labute approximate surface area is 156 Å². The van der Waals surface area contributed by atoms with Gasteiger partial charge >= 0.3 is 0 Å². The van der Waals surface area contributed by atoms with E-state index in [-0.39, 0.29) is 5.91 Å². The second-order valence-corrected chi connectivity index (χ2v) is 6.80. The molecule has 138 valence electrons. The molecule has 0 unspecified atom stereocenters. The lowest BCUT2D eigenvalue weighted by atomic mass is 10.1. The Hall–Kier alpha value is -2.37. The van der Waals surface area contributed by atoms with E-state index >= 15 is 0 Å². The third kappa shape index (κ3) is 4.84. The standard InChI is InChI=1S/C21H28N4O/c1-3-18-8-4-5-10-20(18)22-16-17-7-6-9-19(15-17)21(26)23-25-13-11-24(2)12-14-25/h4-10,15,22H,3,11-14,16H2,1-2H3,(H,23,26). The van der Waals surface area contributed by atoms with Crippen LogP contribution in [-0.2, 0) is 13.0 Å². The van der Waals surface area contributed by atoms with Crippen LogP contribution in [0.15, 0.2) is 48.5 Å². The number of amides is 1. The van der Waals surface area contributed by atoms with Gasteiger partial charge in [0.1, 0.15) is 0 Å². The number of hydrogen-bond acceptors (Lipinski definition) is 4. The summed E-state index contributed by atoms with van der Waals surface area (Å²) in [7, 11) is 2.10. The first-order valence-corrected chi connectivity index (χ1v) is 9.31. The molecule has 1 saturated heterocycles. The predicted octanol–water partition coefficient (Wildman–Crippen LogP) is 2.75. The number of carbonyl (C=O) groups is 1. The quantitative estimate of drug-likeness (QED) is 0.839. The third-order valence-electron chi connectivity index (χ3n) is 4.83. The molecule has 0 aliphatic carbocycles. The van der Waals surface area contributed by atoms with Gasteiger partial charge < -0.3 is 10.2 Å². The maximum Gasteiger partial charge on any atom is 0.265 e. The van der Waals surface area contributed by atoms with E-state index in [2.05, 4.69) is 47.8 Å². The summed E-state index contributed by atoms with van der Waals surface area (Å²) >= 11 is 0. The van der Waals surface area contributed by atoms with E-state index in [0.717, 1.165) is 43.9 Å². The maximum absolute atomic E-state index is 12.5. The highest BCUT2D eigenvalue weighted by Gasteiger charge is 2.16. The van der Waals surface area contributed by atoms with Crippen molar-refractivity contribution < 1.29 is 4.79 Å². The molecule has 26 heavy (non-hydrogen) atoms. The summed E-state index contributed by atoms with van der Waals surface area (Å²) in [6.45, 7) is 6.52. The number of rotatable bonds is 6. The van der Waals surface area contributed by atoms with Gasteiger partial charge in [-0.25, -0.2) is 5.01 Å². The fourth-order valence-corrected chi connectivity index (χ4v) is 3.15. The summed E-state index contributed by atoms with van der Waals surface area (Å²) in [5.41, 5.74) is 7.28. The molecule has 0 aromatic heterocycles. The van der Waals surface area contributed by atoms with Gasteiger partial charge in [-0.05, 0) is 42.8 Å². The van der Waals surface area contributed by atoms with Crippen molar-refractivity contribution >= 4 is 11.6 Å². The Morgan fingerprint density at radius 1 is 1.04 bits per heavy atom. The molecular weight excluding hydrogens is 324 g/mol. The number of para-hydroxylation sites is 1. The van der Waals surface area contributed by atoms with Crippen molar-refractivity contribution in [1.82, 2.24) is 15.3 Å². The zero-order valence-electron chi connectivity index (χ0n) is 15.7. The molecule has 1 fully saturated rings. The lowest BCUT2D eigenvalue weighted by Crippen LogP contribution is -2.52. The van der Waals surface area contributed by atoms with Crippen LogP contribution < -0.4 is 10.7 Å². The third-order valence-corrected chi connectivity index (χ3v) is 4.83. The van der Waals surface area contributed by atoms with Crippen molar-refractivity contribution in [2.75, 3.05) is 38.5 Å². The van der Waals surface area contributed by atoms with Crippen molar-refractivity contribution in [1.29, 1.82) is 0 Å². The molecule has 1 aliphatic heterocycles. The molecule has 0 spiro atoms. The normalized spacial score (nSPS) is 15.6. The zero-order valence-corrected chi connectivity index (χ0v) is 15.7. The second kappa shape index (κ2) is 8.83. The van der Waals surface area contributed by atoms with Crippen LogP contribution in [0.1, 0.15) is 28.4 Å². The van der Waals surface area contributed by atoms with Crippen LogP contribution in [-0.4, -0.2) is 49.0 Å². The Kier molecular flexibility index (Phi) is 6.26. The summed E-state index contributed by atoms with van der Waals surface area (Å²) in [4.78, 5) is 14.8. The largest absolute Gasteiger partial charge is 0.381 e. The Morgan fingerprint density at radius 2 is 1.81 bits per heavy atom. The summed E-state index contributed by atoms with van der Waals surface area (Å²) in [6, 6.07) is 16.2. The van der Waals surface area contributed by atoms with Crippen molar-refractivity contribution in [2.24, 2.45) is 0 Å². The predicted molar refractivity (Wildman–Crippen MR) is 106 cm³/mol. The number of hydrazine groups is 1. The van der Waals surface area contributed by atoms with Crippen molar-refractivity contribution in [3.05, 3.63) is 65.2 Å². The lowest BCUT2D eigenvalue weighted by Gasteiger charge is -2.32. The SMILES string of the molecule is CCc1ccccc1NCc1cccc(C(=O)NN2CCN(C)CC2)c1. The summed E-state index contributed by atoms with van der Waals surface area (Å²) in [6.07, 6.45) is 0.997. The highest BCUT2D eigenvalue weighted by atomic mass is 16.2. The fourth-order valence-electron chi connectivity index (χ4n) is 3.15. The van der Waals surface area contributed by atoms with E-state index in [1.54, 1.807) is 0 Å². The number of hydrogen-bond donors (Lipinski definition) is 2. The molecule has 1 aliphatic rings. The maximum atomic E-state index is 12.5. The fraction of sp³-hybridized carbons (Fsp3) is 0.381. The molecule has 0 saturated carbocycles. The average Bonchev–Trinajstić information content (AvgIpc) is 2.68. The van der Waals surface area contributed by atoms with Gasteiger partial charge in [0.05, 0.1) is 0 Å². The molecular formula is C21H28N4O. The molecule has 1 heterocycles. The van der Waals surface area contributed by atoms with Crippen LogP contribution in [0, 0.1) is 0 Å². The van der Waals surface area contributed by atoms with E-state index in [9.17, 15) is 4.79 Å². The van der Waals surface area contributed by atoms with Crippen LogP contribution in [0.5, 0.6) is 0 Å². The van der Waals surface area contributed by atoms with Gasteiger partial charge in [0.25, 0.3) is 5.91 Å². The highest BCUT2D eigenvalue weighted by Crippen LogP contribution is 2.17. The molecule has 5 heteroatoms. The molecule has 5 nitrogen and oxygen atoms in total. The molecule has 0 atom stereocenters. The van der Waals surface area contributed by atoms with Crippen molar-refractivity contribution in [2.45, 2.75) is 19.9 Å². The molecule has 0 radical (unpaired) electrons. The molecule has 0 bridgehead atoms. The van der Waals surface area contributed by atoms with Gasteiger partial charge in [-0.3, -0.25) is 10.2 Å². The van der Waals surface area contributed by atoms with Gasteiger partial charge in [-0.2, -0.15) is 0 Å². The lowest BCUT2D eigenvalue weighted by molar-refractivity contribution is 0.0662. The number of aryl methyl sites for hydroxylation is 1. The molecule has 1 amide bonds. The number of piperazine rings is 1. The van der Waals surface area contributed by atoms with Crippen LogP contribution in [0.2, 0.25) is 0 Å². The number of benzene rings is 2. The van der Waals surface area contributed by atoms with E-state index in [1.165, 1.54) is 5.56 Å². The summed E-state index contributed by atoms with van der Waals surface area (Å²) < 4.78 is 0. The minimum atomic E-state index is -0.0367. The van der Waals surface area contributed by atoms with Crippen LogP contribution >= 0.6 is 0 Å². The molecule has 2 N–H and O–H groups in total. The van der Waals surface area contributed by atoms with Crippen LogP contribution in [0.4, 0.5) is 5.69 Å². The first kappa shape index (κ1) is 18.4. The minimum absolute atomic E-state index is 0.0367. The van der Waals surface area contributed by atoms with Crippen molar-refractivity contribution in [3.63, 3.8) is 0 Å². The number of carbonyl (C=O) groups excluding carboxylic acids is 1. The Morgan fingerprint density at radius 3 is 2.58 bits per heavy atom. The van der Waals surface area contributed by atoms with Gasteiger partial charge in [0.15, 0.2) is 0 Å². The minimum Gasteiger partial charge on any atom is -0.381 e. The van der Waals surface area contributed by atoms with Gasteiger partial charge in [-0.15, -0.1) is 0 Å². The smallest absolute Gasteiger partial charge is 0.265 e. The Balaban J connectivity index is 1.60. The first-order valence-electron chi connectivity index (χ1n) is 9.31. The zero-order chi connectivity index (χ0) is 18.4. The van der Waals surface area contributed by atoms with Crippen molar-refractivity contribution in [3.8, 4) is 0 Å². The van der Waals surface area contributed by atoms with Gasteiger partial charge in [0.2, 0.25) is 0 Å². The van der Waals surface area contributed by atoms with E-state index in [4.69, 9.17) is 0 Å². The topological polar surface area (TPSA) is 47.6 Å². The second-order valence-electron chi connectivity index (χ2n) is 6.80. The van der Waals surface area contributed by atoms with E-state index in [0.29, 0.717) is 12.1 Å². The Bertz CT molecular complexity index is 738.